The molecule has 0 fully saturated rings. The Kier molecular flexibility index (Phi) is 19.9. The van der Waals surface area contributed by atoms with Crippen LogP contribution < -0.4 is 10.6 Å². The molecule has 0 saturated heterocycles. The topological polar surface area (TPSA) is 24.1 Å². The van der Waals surface area contributed by atoms with Crippen LogP contribution in [0.1, 0.15) is 40.5 Å². The average Bonchev–Trinajstić information content (AvgIpc) is 2.16. The minimum atomic E-state index is 0. The van der Waals surface area contributed by atoms with Crippen LogP contribution in [0.4, 0.5) is 0 Å². The normalized spacial score (nSPS) is 12.0. The molecule has 2 N–H and O–H groups in total. The Labute approximate surface area is 138 Å². The minimum absolute atomic E-state index is 0. The molecule has 17 heavy (non-hydrogen) atoms. The van der Waals surface area contributed by atoms with Gasteiger partial charge in [-0.2, -0.15) is 0 Å². The first kappa shape index (κ1) is 22.9. The van der Waals surface area contributed by atoms with Gasteiger partial charge in [-0.25, -0.2) is 0 Å². The number of thiocarbonyl (C=S) groups is 2. The standard InChI is InChI=1S/2C5H11NS2.Cu/c2*1-3-4(2)6-5(7)8;/h2*4H,3H2,1-2H3,(H2,6,7,8);/q;;+2/p-2. The van der Waals surface area contributed by atoms with Crippen molar-refractivity contribution in [1.82, 2.24) is 10.6 Å². The average molecular weight is 360 g/mol. The van der Waals surface area contributed by atoms with Crippen molar-refractivity contribution >= 4 is 58.3 Å². The molecular weight excluding hydrogens is 340 g/mol. The Bertz CT molecular complexity index is 192. The minimum Gasteiger partial charge on any atom is -0.412 e. The number of hydrogen-bond donors (Lipinski definition) is 2. The SMILES string of the molecule is CCC(C)NC(=S)[S-].CCC(C)NC(=S)[S-].[Cu+2]. The molecular formula is C10H20CuN2S4. The third-order valence-electron chi connectivity index (χ3n) is 1.95. The van der Waals surface area contributed by atoms with Gasteiger partial charge in [0.2, 0.25) is 0 Å². The Hall–Kier alpha value is 0.739. The van der Waals surface area contributed by atoms with E-state index in [-0.39, 0.29) is 17.1 Å². The summed E-state index contributed by atoms with van der Waals surface area (Å²) in [6.45, 7) is 8.29. The van der Waals surface area contributed by atoms with E-state index in [9.17, 15) is 0 Å². The molecule has 7 heteroatoms. The molecule has 2 unspecified atom stereocenters. The zero-order chi connectivity index (χ0) is 13.1. The molecule has 0 heterocycles. The van der Waals surface area contributed by atoms with Gasteiger partial charge in [-0.1, -0.05) is 22.5 Å². The third-order valence-corrected chi connectivity index (χ3v) is 2.42. The van der Waals surface area contributed by atoms with Crippen molar-refractivity contribution < 1.29 is 17.1 Å². The Morgan fingerprint density at radius 2 is 1.18 bits per heavy atom. The van der Waals surface area contributed by atoms with Crippen LogP contribution in [0, 0.1) is 0 Å². The van der Waals surface area contributed by atoms with Gasteiger partial charge >= 0.3 is 17.1 Å². The molecule has 0 rings (SSSR count). The summed E-state index contributed by atoms with van der Waals surface area (Å²) in [4.78, 5) is 0. The van der Waals surface area contributed by atoms with Crippen LogP contribution >= 0.6 is 24.4 Å². The van der Waals surface area contributed by atoms with Crippen LogP contribution in [0.15, 0.2) is 0 Å². The van der Waals surface area contributed by atoms with Crippen molar-refractivity contribution in [3.05, 3.63) is 0 Å². The first-order chi connectivity index (χ1) is 7.33. The van der Waals surface area contributed by atoms with Crippen molar-refractivity contribution in [3.8, 4) is 0 Å². The molecule has 0 aromatic rings. The van der Waals surface area contributed by atoms with E-state index < -0.39 is 0 Å². The van der Waals surface area contributed by atoms with Gasteiger partial charge in [0.1, 0.15) is 0 Å². The molecule has 0 aromatic heterocycles. The van der Waals surface area contributed by atoms with Crippen LogP contribution in [-0.4, -0.2) is 20.7 Å². The second-order valence-electron chi connectivity index (χ2n) is 3.48. The fourth-order valence-electron chi connectivity index (χ4n) is 0.606. The van der Waals surface area contributed by atoms with Gasteiger partial charge in [-0.05, 0) is 26.7 Å². The molecule has 0 aliphatic rings. The Morgan fingerprint density at radius 3 is 1.24 bits per heavy atom. The van der Waals surface area contributed by atoms with Crippen molar-refractivity contribution in [2.75, 3.05) is 0 Å². The fourth-order valence-corrected chi connectivity index (χ4v) is 1.41. The van der Waals surface area contributed by atoms with E-state index in [0.29, 0.717) is 20.7 Å². The second kappa shape index (κ2) is 14.8. The molecule has 0 spiro atoms. The summed E-state index contributed by atoms with van der Waals surface area (Å²) < 4.78 is 0.943. The fraction of sp³-hybridized carbons (Fsp3) is 0.800. The molecule has 1 radical (unpaired) electrons. The largest absolute Gasteiger partial charge is 2.00 e. The summed E-state index contributed by atoms with van der Waals surface area (Å²) in [5.41, 5.74) is 0. The first-order valence-corrected chi connectivity index (χ1v) is 6.91. The molecule has 0 amide bonds. The monoisotopic (exact) mass is 359 g/mol. The predicted octanol–water partition coefficient (Wildman–Crippen LogP) is 2.41. The van der Waals surface area contributed by atoms with Crippen LogP contribution in [0.2, 0.25) is 0 Å². The molecule has 0 aliphatic carbocycles. The van der Waals surface area contributed by atoms with Crippen LogP contribution in [0.3, 0.4) is 0 Å². The van der Waals surface area contributed by atoms with E-state index in [0.717, 1.165) is 12.8 Å². The van der Waals surface area contributed by atoms with Crippen molar-refractivity contribution in [2.24, 2.45) is 0 Å². The number of rotatable bonds is 4. The van der Waals surface area contributed by atoms with E-state index >= 15 is 0 Å². The van der Waals surface area contributed by atoms with Gasteiger partial charge in [0.25, 0.3) is 0 Å². The smallest absolute Gasteiger partial charge is 0.412 e. The van der Waals surface area contributed by atoms with Crippen molar-refractivity contribution in [2.45, 2.75) is 52.6 Å². The molecule has 0 aliphatic heterocycles. The van der Waals surface area contributed by atoms with Crippen LogP contribution in [0.5, 0.6) is 0 Å². The third kappa shape index (κ3) is 22.4. The maximum absolute atomic E-state index is 4.64. The molecule has 0 aromatic carbocycles. The van der Waals surface area contributed by atoms with E-state index in [1.165, 1.54) is 0 Å². The Balaban J connectivity index is -0.000000218. The van der Waals surface area contributed by atoms with Crippen molar-refractivity contribution in [1.29, 1.82) is 0 Å². The molecule has 2 nitrogen and oxygen atoms in total. The van der Waals surface area contributed by atoms with Crippen molar-refractivity contribution in [3.63, 3.8) is 0 Å². The number of nitrogens with one attached hydrogen (secondary N) is 2. The summed E-state index contributed by atoms with van der Waals surface area (Å²) in [5, 5.41) is 5.88. The summed E-state index contributed by atoms with van der Waals surface area (Å²) in [7, 11) is 0. The van der Waals surface area contributed by atoms with Crippen LogP contribution in [0.25, 0.3) is 0 Å². The zero-order valence-electron chi connectivity index (χ0n) is 10.5. The van der Waals surface area contributed by atoms with Gasteiger partial charge in [0.05, 0.1) is 0 Å². The number of hydrogen-bond acceptors (Lipinski definition) is 4. The molecule has 2 atom stereocenters. The van der Waals surface area contributed by atoms with E-state index in [2.05, 4.69) is 88.0 Å². The molecule has 0 saturated carbocycles. The summed E-state index contributed by atoms with van der Waals surface area (Å²) >= 11 is 18.6. The summed E-state index contributed by atoms with van der Waals surface area (Å²) in [6, 6.07) is 0.861. The van der Waals surface area contributed by atoms with Crippen LogP contribution in [-0.2, 0) is 42.3 Å². The second-order valence-corrected chi connectivity index (χ2v) is 5.63. The van der Waals surface area contributed by atoms with Gasteiger partial charge in [-0.15, -0.1) is 0 Å². The summed E-state index contributed by atoms with van der Waals surface area (Å²) in [5.74, 6) is 0. The molecule has 0 bridgehead atoms. The van der Waals surface area contributed by atoms with Gasteiger partial charge in [0, 0.05) is 12.1 Å². The van der Waals surface area contributed by atoms with Gasteiger partial charge in [0.15, 0.2) is 0 Å². The molecule has 105 valence electrons. The summed E-state index contributed by atoms with van der Waals surface area (Å²) in [6.07, 6.45) is 2.13. The van der Waals surface area contributed by atoms with Gasteiger partial charge in [-0.3, -0.25) is 0 Å². The maximum Gasteiger partial charge on any atom is 2.00 e. The van der Waals surface area contributed by atoms with E-state index in [1.54, 1.807) is 0 Å². The van der Waals surface area contributed by atoms with E-state index in [4.69, 9.17) is 0 Å². The quantitative estimate of drug-likeness (QED) is 0.454. The Morgan fingerprint density at radius 1 is 0.941 bits per heavy atom. The van der Waals surface area contributed by atoms with E-state index in [1.807, 2.05) is 0 Å². The first-order valence-electron chi connectivity index (χ1n) is 5.28. The zero-order valence-corrected chi connectivity index (χ0v) is 14.7. The predicted molar refractivity (Wildman–Crippen MR) is 85.7 cm³/mol. The maximum atomic E-state index is 4.64. The van der Waals surface area contributed by atoms with Gasteiger partial charge < -0.3 is 60.3 Å².